The van der Waals surface area contributed by atoms with Crippen LogP contribution >= 0.6 is 0 Å². The molecule has 0 aliphatic rings. The first-order valence-electron chi connectivity index (χ1n) is 11.4. The van der Waals surface area contributed by atoms with E-state index in [-0.39, 0.29) is 17.2 Å². The highest BCUT2D eigenvalue weighted by molar-refractivity contribution is 5.86. The second-order valence-electron chi connectivity index (χ2n) is 9.25. The van der Waals surface area contributed by atoms with Crippen LogP contribution in [0.25, 0.3) is 0 Å². The van der Waals surface area contributed by atoms with Crippen LogP contribution in [0.15, 0.2) is 72.8 Å². The quantitative estimate of drug-likeness (QED) is 0.269. The minimum atomic E-state index is -6.75. The van der Waals surface area contributed by atoms with Crippen molar-refractivity contribution < 1.29 is 62.6 Å². The van der Waals surface area contributed by atoms with Crippen molar-refractivity contribution in [1.82, 2.24) is 0 Å². The summed E-state index contributed by atoms with van der Waals surface area (Å²) in [4.78, 5) is 12.9. The first kappa shape index (κ1) is 32.0. The van der Waals surface area contributed by atoms with Gasteiger partial charge < -0.3 is 5.11 Å². The fourth-order valence-electron chi connectivity index (χ4n) is 4.45. The third kappa shape index (κ3) is 6.36. The largest absolute Gasteiger partial charge is 0.429 e. The maximum atomic E-state index is 15.0. The number of carbonyl (C=O) groups excluding carboxylic acids is 1. The lowest BCUT2D eigenvalue weighted by Crippen LogP contribution is -2.65. The normalized spacial score (nSPS) is 15.3. The van der Waals surface area contributed by atoms with Crippen LogP contribution in [0.2, 0.25) is 0 Å². The number of ketones is 1. The van der Waals surface area contributed by atoms with Gasteiger partial charge in [0.15, 0.2) is 5.78 Å². The Balaban J connectivity index is 2.35. The minimum Gasteiger partial charge on any atom is -0.371 e. The molecule has 0 spiro atoms. The van der Waals surface area contributed by atoms with Gasteiger partial charge in [-0.3, -0.25) is 4.79 Å². The van der Waals surface area contributed by atoms with Gasteiger partial charge in [-0.05, 0) is 53.4 Å². The molecule has 41 heavy (non-hydrogen) atoms. The number of benzene rings is 3. The molecule has 2 nitrogen and oxygen atoms in total. The lowest BCUT2D eigenvalue weighted by atomic mass is 9.66. The van der Waals surface area contributed by atoms with Crippen molar-refractivity contribution in [2.24, 2.45) is 0 Å². The topological polar surface area (TPSA) is 37.3 Å². The van der Waals surface area contributed by atoms with Crippen molar-refractivity contribution in [2.75, 3.05) is 0 Å². The molecule has 0 fully saturated rings. The van der Waals surface area contributed by atoms with Gasteiger partial charge in [0.2, 0.25) is 6.17 Å². The number of alkyl halides is 10. The highest BCUT2D eigenvalue weighted by atomic mass is 19.4. The summed E-state index contributed by atoms with van der Waals surface area (Å²) in [5, 5.41) is 9.48. The van der Waals surface area contributed by atoms with Crippen molar-refractivity contribution in [3.05, 3.63) is 107 Å². The predicted octanol–water partition coefficient (Wildman–Crippen LogP) is 7.67. The number of hydrogen-bond donors (Lipinski definition) is 1. The first-order valence-corrected chi connectivity index (χ1v) is 11.4. The fourth-order valence-corrected chi connectivity index (χ4v) is 4.45. The van der Waals surface area contributed by atoms with Crippen LogP contribution in [-0.4, -0.2) is 35.0 Å². The molecule has 2 atom stereocenters. The molecule has 0 aromatic heterocycles. The molecule has 1 N–H and O–H groups in total. The van der Waals surface area contributed by atoms with E-state index in [4.69, 9.17) is 0 Å². The Morgan fingerprint density at radius 1 is 0.683 bits per heavy atom. The lowest BCUT2D eigenvalue weighted by Gasteiger charge is -2.38. The Morgan fingerprint density at radius 2 is 1.20 bits per heavy atom. The Kier molecular flexibility index (Phi) is 8.60. The highest BCUT2D eigenvalue weighted by Gasteiger charge is 2.76. The highest BCUT2D eigenvalue weighted by Crippen LogP contribution is 2.49. The smallest absolute Gasteiger partial charge is 0.371 e. The van der Waals surface area contributed by atoms with Gasteiger partial charge in [-0.15, -0.1) is 0 Å². The number of Topliss-reactive ketones (excluding diaryl/α,β-unsaturated/α-hetero) is 1. The van der Waals surface area contributed by atoms with Gasteiger partial charge in [0.1, 0.15) is 11.6 Å². The minimum absolute atomic E-state index is 0.0489. The summed E-state index contributed by atoms with van der Waals surface area (Å²) in [5.74, 6) is -5.00. The summed E-state index contributed by atoms with van der Waals surface area (Å²) in [7, 11) is 0. The van der Waals surface area contributed by atoms with Gasteiger partial charge in [-0.1, -0.05) is 42.5 Å². The van der Waals surface area contributed by atoms with Crippen LogP contribution in [0.3, 0.4) is 0 Å². The molecule has 0 saturated heterocycles. The molecule has 0 aliphatic carbocycles. The summed E-state index contributed by atoms with van der Waals surface area (Å²) in [5.41, 5.74) is -11.3. The molecule has 1 unspecified atom stereocenters. The molecule has 0 amide bonds. The molecule has 3 aromatic carbocycles. The zero-order chi connectivity index (χ0) is 31.0. The Bertz CT molecular complexity index is 1350. The number of rotatable bonds is 8. The van der Waals surface area contributed by atoms with Crippen molar-refractivity contribution >= 4 is 5.78 Å². The van der Waals surface area contributed by atoms with Crippen LogP contribution in [-0.2, 0) is 22.8 Å². The second-order valence-corrected chi connectivity index (χ2v) is 9.25. The lowest BCUT2D eigenvalue weighted by molar-refractivity contribution is -0.380. The number of aliphatic hydroxyl groups is 1. The van der Waals surface area contributed by atoms with Crippen LogP contribution in [0, 0.1) is 11.6 Å². The Hall–Kier alpha value is -3.55. The average molecular weight is 602 g/mol. The van der Waals surface area contributed by atoms with E-state index in [1.165, 1.54) is 30.3 Å². The van der Waals surface area contributed by atoms with Crippen molar-refractivity contribution in [2.45, 2.75) is 48.6 Å². The Morgan fingerprint density at radius 3 is 1.68 bits per heavy atom. The molecule has 3 aromatic rings. The number of halogens is 12. The zero-order valence-corrected chi connectivity index (χ0v) is 20.3. The van der Waals surface area contributed by atoms with Crippen molar-refractivity contribution in [3.63, 3.8) is 0 Å². The van der Waals surface area contributed by atoms with E-state index in [1.807, 2.05) is 0 Å². The van der Waals surface area contributed by atoms with E-state index in [9.17, 15) is 62.6 Å². The molecular weight excluding hydrogens is 584 g/mol. The summed E-state index contributed by atoms with van der Waals surface area (Å²) in [6.07, 6.45) is -25.8. The van der Waals surface area contributed by atoms with Crippen LogP contribution < -0.4 is 0 Å². The molecule has 222 valence electrons. The van der Waals surface area contributed by atoms with E-state index in [1.54, 1.807) is 0 Å². The van der Waals surface area contributed by atoms with E-state index in [0.29, 0.717) is 12.1 Å². The van der Waals surface area contributed by atoms with E-state index >= 15 is 0 Å². The molecular formula is C27H18F12O2. The number of carbonyl (C=O) groups is 1. The Labute approximate surface area is 224 Å². The van der Waals surface area contributed by atoms with Gasteiger partial charge in [0.25, 0.3) is 5.60 Å². The summed E-state index contributed by atoms with van der Waals surface area (Å²) in [6, 6.07) is 10.9. The van der Waals surface area contributed by atoms with Crippen LogP contribution in [0.4, 0.5) is 52.7 Å². The second kappa shape index (κ2) is 11.0. The third-order valence-corrected chi connectivity index (χ3v) is 6.51. The maximum absolute atomic E-state index is 15.0. The molecule has 3 rings (SSSR count). The molecule has 0 aliphatic heterocycles. The summed E-state index contributed by atoms with van der Waals surface area (Å²) < 4.78 is 164. The van der Waals surface area contributed by atoms with Gasteiger partial charge in [-0.2, -0.15) is 39.5 Å². The van der Waals surface area contributed by atoms with Gasteiger partial charge in [0.05, 0.1) is 5.56 Å². The van der Waals surface area contributed by atoms with Gasteiger partial charge in [0, 0.05) is 11.8 Å². The van der Waals surface area contributed by atoms with Gasteiger partial charge >= 0.3 is 18.5 Å². The molecule has 0 bridgehead atoms. The predicted molar refractivity (Wildman–Crippen MR) is 120 cm³/mol. The van der Waals surface area contributed by atoms with Crippen LogP contribution in [0.1, 0.15) is 28.7 Å². The maximum Gasteiger partial charge on any atom is 0.429 e. The molecule has 0 saturated carbocycles. The van der Waals surface area contributed by atoms with Crippen LogP contribution in [0.5, 0.6) is 0 Å². The standard InChI is InChI=1S/C27H18F12O2/c28-19-8-6-16(7-9-19)23(13-15-4-2-1-3-5-15,17-10-18(25(31,32)33)12-20(29)11-17)14-21(40)22(30)24(41,26(34,35)36)27(37,38)39/h1-12,22,41H,13-14H2/t22?,23-/m1/s1. The third-order valence-electron chi connectivity index (χ3n) is 6.51. The average Bonchev–Trinajstić information content (AvgIpc) is 2.86. The fraction of sp³-hybridized carbons (Fsp3) is 0.296. The van der Waals surface area contributed by atoms with Crippen molar-refractivity contribution in [3.8, 4) is 0 Å². The monoisotopic (exact) mass is 602 g/mol. The first-order chi connectivity index (χ1) is 18.7. The summed E-state index contributed by atoms with van der Waals surface area (Å²) >= 11 is 0. The SMILES string of the molecule is O=C(C[C@](Cc1ccccc1)(c1ccc(F)cc1)c1cc(F)cc(C(F)(F)F)c1)C(F)C(O)(C(F)(F)F)C(F)(F)F. The molecule has 14 heteroatoms. The van der Waals surface area contributed by atoms with E-state index in [2.05, 4.69) is 0 Å². The zero-order valence-electron chi connectivity index (χ0n) is 20.3. The van der Waals surface area contributed by atoms with E-state index < -0.39 is 77.1 Å². The van der Waals surface area contributed by atoms with Crippen molar-refractivity contribution in [1.29, 1.82) is 0 Å². The van der Waals surface area contributed by atoms with Gasteiger partial charge in [-0.25, -0.2) is 13.2 Å². The van der Waals surface area contributed by atoms with E-state index in [0.717, 1.165) is 24.3 Å². The molecule has 0 radical (unpaired) electrons. The summed E-state index contributed by atoms with van der Waals surface area (Å²) in [6.45, 7) is 0. The number of hydrogen-bond acceptors (Lipinski definition) is 2. The molecule has 0 heterocycles.